The molecule has 0 saturated carbocycles. The SMILES string of the molecule is CNC(=O)Oc1cccc(OC(=O)NC)c1. The molecule has 0 spiro atoms. The van der Waals surface area contributed by atoms with Crippen LogP contribution >= 0.6 is 0 Å². The van der Waals surface area contributed by atoms with Gasteiger partial charge in [0.25, 0.3) is 0 Å². The van der Waals surface area contributed by atoms with Gasteiger partial charge < -0.3 is 20.1 Å². The molecule has 86 valence electrons. The van der Waals surface area contributed by atoms with Gasteiger partial charge in [-0.05, 0) is 12.1 Å². The van der Waals surface area contributed by atoms with E-state index >= 15 is 0 Å². The fraction of sp³-hybridized carbons (Fsp3) is 0.200. The van der Waals surface area contributed by atoms with Crippen molar-refractivity contribution in [3.05, 3.63) is 24.3 Å². The van der Waals surface area contributed by atoms with Crippen molar-refractivity contribution in [3.63, 3.8) is 0 Å². The summed E-state index contributed by atoms with van der Waals surface area (Å²) in [4.78, 5) is 21.8. The lowest BCUT2D eigenvalue weighted by molar-refractivity contribution is 0.201. The Labute approximate surface area is 92.5 Å². The predicted octanol–water partition coefficient (Wildman–Crippen LogP) is 1.12. The summed E-state index contributed by atoms with van der Waals surface area (Å²) in [7, 11) is 2.90. The molecule has 6 heteroatoms. The molecule has 0 aliphatic carbocycles. The fourth-order valence-electron chi connectivity index (χ4n) is 0.917. The Morgan fingerprint density at radius 3 is 1.81 bits per heavy atom. The molecule has 2 amide bonds. The van der Waals surface area contributed by atoms with Crippen molar-refractivity contribution >= 4 is 12.2 Å². The van der Waals surface area contributed by atoms with Crippen LogP contribution in [0, 0.1) is 0 Å². The molecule has 16 heavy (non-hydrogen) atoms. The zero-order chi connectivity index (χ0) is 12.0. The van der Waals surface area contributed by atoms with Gasteiger partial charge in [-0.1, -0.05) is 6.07 Å². The maximum atomic E-state index is 10.9. The molecule has 0 bridgehead atoms. The summed E-state index contributed by atoms with van der Waals surface area (Å²) >= 11 is 0. The lowest BCUT2D eigenvalue weighted by Crippen LogP contribution is -2.23. The molecular formula is C10H12N2O4. The average Bonchev–Trinajstić information content (AvgIpc) is 2.29. The van der Waals surface area contributed by atoms with E-state index < -0.39 is 12.2 Å². The summed E-state index contributed by atoms with van der Waals surface area (Å²) in [5, 5.41) is 4.61. The molecule has 0 atom stereocenters. The van der Waals surface area contributed by atoms with Gasteiger partial charge in [0, 0.05) is 20.2 Å². The highest BCUT2D eigenvalue weighted by Crippen LogP contribution is 2.19. The van der Waals surface area contributed by atoms with Crippen LogP contribution in [0.4, 0.5) is 9.59 Å². The van der Waals surface area contributed by atoms with Gasteiger partial charge in [-0.15, -0.1) is 0 Å². The van der Waals surface area contributed by atoms with Crippen molar-refractivity contribution in [2.45, 2.75) is 0 Å². The number of benzene rings is 1. The van der Waals surface area contributed by atoms with Crippen molar-refractivity contribution in [1.82, 2.24) is 10.6 Å². The van der Waals surface area contributed by atoms with Gasteiger partial charge >= 0.3 is 12.2 Å². The number of hydrogen-bond donors (Lipinski definition) is 2. The van der Waals surface area contributed by atoms with E-state index in [9.17, 15) is 9.59 Å². The normalized spacial score (nSPS) is 9.12. The van der Waals surface area contributed by atoms with Crippen molar-refractivity contribution in [1.29, 1.82) is 0 Å². The van der Waals surface area contributed by atoms with Gasteiger partial charge in [-0.25, -0.2) is 9.59 Å². The van der Waals surface area contributed by atoms with Gasteiger partial charge in [0.15, 0.2) is 0 Å². The summed E-state index contributed by atoms with van der Waals surface area (Å²) in [6.45, 7) is 0. The van der Waals surface area contributed by atoms with E-state index in [1.807, 2.05) is 0 Å². The molecule has 0 aliphatic heterocycles. The molecule has 0 saturated heterocycles. The number of nitrogens with one attached hydrogen (secondary N) is 2. The van der Waals surface area contributed by atoms with E-state index in [4.69, 9.17) is 9.47 Å². The van der Waals surface area contributed by atoms with Crippen LogP contribution in [0.2, 0.25) is 0 Å². The number of amides is 2. The monoisotopic (exact) mass is 224 g/mol. The van der Waals surface area contributed by atoms with Crippen LogP contribution in [-0.2, 0) is 0 Å². The molecule has 1 aromatic carbocycles. The minimum Gasteiger partial charge on any atom is -0.410 e. The van der Waals surface area contributed by atoms with E-state index in [0.29, 0.717) is 11.5 Å². The maximum Gasteiger partial charge on any atom is 0.412 e. The van der Waals surface area contributed by atoms with Crippen molar-refractivity contribution < 1.29 is 19.1 Å². The average molecular weight is 224 g/mol. The van der Waals surface area contributed by atoms with E-state index in [2.05, 4.69) is 10.6 Å². The quantitative estimate of drug-likeness (QED) is 0.789. The molecule has 0 heterocycles. The Balaban J connectivity index is 2.71. The zero-order valence-corrected chi connectivity index (χ0v) is 8.94. The number of carbonyl (C=O) groups excluding carboxylic acids is 2. The first-order valence-corrected chi connectivity index (χ1v) is 4.55. The standard InChI is InChI=1S/C10H12N2O4/c1-11-9(13)15-7-4-3-5-8(6-7)16-10(14)12-2/h3-6H,1-2H3,(H,11,13)(H,12,14). The Hall–Kier alpha value is -2.24. The first kappa shape index (κ1) is 11.8. The van der Waals surface area contributed by atoms with Crippen LogP contribution in [0.1, 0.15) is 0 Å². The molecule has 0 radical (unpaired) electrons. The highest BCUT2D eigenvalue weighted by molar-refractivity contribution is 5.71. The van der Waals surface area contributed by atoms with Crippen LogP contribution in [0.25, 0.3) is 0 Å². The van der Waals surface area contributed by atoms with Gasteiger partial charge in [0.05, 0.1) is 0 Å². The van der Waals surface area contributed by atoms with Gasteiger partial charge in [0.1, 0.15) is 11.5 Å². The third-order valence-corrected chi connectivity index (χ3v) is 1.63. The zero-order valence-electron chi connectivity index (χ0n) is 8.94. The van der Waals surface area contributed by atoms with E-state index in [1.165, 1.54) is 20.2 Å². The second-order valence-electron chi connectivity index (χ2n) is 2.75. The Kier molecular flexibility index (Phi) is 4.14. The summed E-state index contributed by atoms with van der Waals surface area (Å²) in [6.07, 6.45) is -1.17. The largest absolute Gasteiger partial charge is 0.412 e. The minimum atomic E-state index is -0.586. The topological polar surface area (TPSA) is 76.7 Å². The van der Waals surface area contributed by atoms with Crippen LogP contribution in [0.15, 0.2) is 24.3 Å². The smallest absolute Gasteiger partial charge is 0.410 e. The predicted molar refractivity (Wildman–Crippen MR) is 56.6 cm³/mol. The van der Waals surface area contributed by atoms with Crippen LogP contribution in [-0.4, -0.2) is 26.3 Å². The summed E-state index contributed by atoms with van der Waals surface area (Å²) in [6, 6.07) is 6.19. The molecule has 1 aromatic rings. The molecule has 2 N–H and O–H groups in total. The highest BCUT2D eigenvalue weighted by atomic mass is 16.6. The van der Waals surface area contributed by atoms with Gasteiger partial charge in [-0.2, -0.15) is 0 Å². The first-order chi connectivity index (χ1) is 7.65. The maximum absolute atomic E-state index is 10.9. The third-order valence-electron chi connectivity index (χ3n) is 1.63. The number of carbonyl (C=O) groups is 2. The van der Waals surface area contributed by atoms with Crippen LogP contribution in [0.3, 0.4) is 0 Å². The lowest BCUT2D eigenvalue weighted by atomic mass is 10.3. The molecule has 0 fully saturated rings. The Morgan fingerprint density at radius 2 is 1.44 bits per heavy atom. The van der Waals surface area contributed by atoms with Crippen molar-refractivity contribution in [3.8, 4) is 11.5 Å². The fourth-order valence-corrected chi connectivity index (χ4v) is 0.917. The van der Waals surface area contributed by atoms with Crippen molar-refractivity contribution in [2.75, 3.05) is 14.1 Å². The first-order valence-electron chi connectivity index (χ1n) is 4.55. The molecule has 1 rings (SSSR count). The molecule has 0 aromatic heterocycles. The van der Waals surface area contributed by atoms with Crippen LogP contribution in [0.5, 0.6) is 11.5 Å². The van der Waals surface area contributed by atoms with Gasteiger partial charge in [0.2, 0.25) is 0 Å². The Bertz CT molecular complexity index is 359. The van der Waals surface area contributed by atoms with E-state index in [1.54, 1.807) is 18.2 Å². The lowest BCUT2D eigenvalue weighted by Gasteiger charge is -2.06. The van der Waals surface area contributed by atoms with Gasteiger partial charge in [-0.3, -0.25) is 0 Å². The number of ether oxygens (including phenoxy) is 2. The molecular weight excluding hydrogens is 212 g/mol. The highest BCUT2D eigenvalue weighted by Gasteiger charge is 2.05. The molecule has 0 unspecified atom stereocenters. The summed E-state index contributed by atoms with van der Waals surface area (Å²) in [5.74, 6) is 0.585. The molecule has 6 nitrogen and oxygen atoms in total. The second kappa shape index (κ2) is 5.59. The number of hydrogen-bond acceptors (Lipinski definition) is 4. The minimum absolute atomic E-state index is 0.292. The van der Waals surface area contributed by atoms with Crippen LogP contribution < -0.4 is 20.1 Å². The van der Waals surface area contributed by atoms with E-state index in [0.717, 1.165) is 0 Å². The Morgan fingerprint density at radius 1 is 1.00 bits per heavy atom. The molecule has 0 aliphatic rings. The summed E-state index contributed by atoms with van der Waals surface area (Å²) < 4.78 is 9.72. The van der Waals surface area contributed by atoms with E-state index in [-0.39, 0.29) is 0 Å². The summed E-state index contributed by atoms with van der Waals surface area (Å²) in [5.41, 5.74) is 0. The second-order valence-corrected chi connectivity index (χ2v) is 2.75. The van der Waals surface area contributed by atoms with Crippen molar-refractivity contribution in [2.24, 2.45) is 0 Å². The third kappa shape index (κ3) is 3.49. The number of rotatable bonds is 2.